The van der Waals surface area contributed by atoms with E-state index in [0.717, 1.165) is 12.1 Å². The number of hydrogen-bond donors (Lipinski definition) is 1. The van der Waals surface area contributed by atoms with Crippen molar-refractivity contribution in [3.05, 3.63) is 98.3 Å². The van der Waals surface area contributed by atoms with Crippen LogP contribution in [-0.4, -0.2) is 25.2 Å². The summed E-state index contributed by atoms with van der Waals surface area (Å²) in [5.74, 6) is -2.47. The Morgan fingerprint density at radius 1 is 1.03 bits per heavy atom. The van der Waals surface area contributed by atoms with Crippen molar-refractivity contribution in [1.82, 2.24) is 4.31 Å². The summed E-state index contributed by atoms with van der Waals surface area (Å²) in [7, 11) is -3.66. The molecule has 1 amide bonds. The molecule has 5 nitrogen and oxygen atoms in total. The van der Waals surface area contributed by atoms with Gasteiger partial charge in [-0.3, -0.25) is 4.79 Å². The Morgan fingerprint density at radius 3 is 2.41 bits per heavy atom. The van der Waals surface area contributed by atoms with Gasteiger partial charge in [-0.1, -0.05) is 53.5 Å². The Kier molecular flexibility index (Phi) is 7.85. The number of fused-ring (bicyclic) bond motifs is 1. The maximum Gasteiger partial charge on any atom is 0.419 e. The Morgan fingerprint density at radius 2 is 1.73 bits per heavy atom. The van der Waals surface area contributed by atoms with Crippen LogP contribution in [0.3, 0.4) is 0 Å². The van der Waals surface area contributed by atoms with E-state index < -0.39 is 45.5 Å². The lowest BCUT2D eigenvalue weighted by Gasteiger charge is -2.30. The minimum atomic E-state index is -4.89. The summed E-state index contributed by atoms with van der Waals surface area (Å²) in [6.07, 6.45) is -5.29. The molecule has 0 bridgehead atoms. The Hall–Kier alpha value is -2.66. The first-order valence-corrected chi connectivity index (χ1v) is 13.4. The Labute approximate surface area is 221 Å². The van der Waals surface area contributed by atoms with Gasteiger partial charge in [0.1, 0.15) is 5.82 Å². The molecule has 1 N–H and O–H groups in total. The molecule has 0 radical (unpaired) electrons. The molecule has 1 heterocycles. The maximum atomic E-state index is 14.4. The normalized spacial score (nSPS) is 14.3. The van der Waals surface area contributed by atoms with E-state index in [1.165, 1.54) is 10.4 Å². The SMILES string of the molecule is O=C(Cc1cccc(C(F)(F)F)c1F)Nc1c(Cl)ccc2c1CCN(S(=O)(=O)Cc1ccc(Cl)cc1)C2. The first-order valence-electron chi connectivity index (χ1n) is 11.0. The van der Waals surface area contributed by atoms with Crippen molar-refractivity contribution in [2.45, 2.75) is 31.3 Å². The number of hydrogen-bond acceptors (Lipinski definition) is 3. The lowest BCUT2D eigenvalue weighted by molar-refractivity contribution is -0.140. The number of carbonyl (C=O) groups is 1. The second kappa shape index (κ2) is 10.6. The molecule has 196 valence electrons. The molecule has 0 atom stereocenters. The van der Waals surface area contributed by atoms with Crippen LogP contribution in [0.2, 0.25) is 10.0 Å². The highest BCUT2D eigenvalue weighted by Gasteiger charge is 2.35. The molecule has 0 fully saturated rings. The van der Waals surface area contributed by atoms with Crippen molar-refractivity contribution in [3.63, 3.8) is 0 Å². The van der Waals surface area contributed by atoms with Crippen molar-refractivity contribution in [2.75, 3.05) is 11.9 Å². The quantitative estimate of drug-likeness (QED) is 0.355. The minimum absolute atomic E-state index is 0.0492. The maximum absolute atomic E-state index is 14.4. The van der Waals surface area contributed by atoms with E-state index in [2.05, 4.69) is 5.32 Å². The van der Waals surface area contributed by atoms with Crippen LogP contribution in [0.5, 0.6) is 0 Å². The first kappa shape index (κ1) is 27.4. The van der Waals surface area contributed by atoms with Gasteiger partial charge < -0.3 is 5.32 Å². The summed E-state index contributed by atoms with van der Waals surface area (Å²) >= 11 is 12.2. The average Bonchev–Trinajstić information content (AvgIpc) is 2.82. The molecule has 0 aromatic heterocycles. The van der Waals surface area contributed by atoms with Gasteiger partial charge in [-0.25, -0.2) is 12.8 Å². The van der Waals surface area contributed by atoms with Crippen molar-refractivity contribution < 1.29 is 30.8 Å². The number of amides is 1. The van der Waals surface area contributed by atoms with Crippen LogP contribution in [0.1, 0.15) is 27.8 Å². The molecule has 0 unspecified atom stereocenters. The number of nitrogens with one attached hydrogen (secondary N) is 1. The van der Waals surface area contributed by atoms with E-state index in [4.69, 9.17) is 23.2 Å². The predicted molar refractivity (Wildman–Crippen MR) is 133 cm³/mol. The topological polar surface area (TPSA) is 66.5 Å². The van der Waals surface area contributed by atoms with E-state index in [1.807, 2.05) is 0 Å². The van der Waals surface area contributed by atoms with Gasteiger partial charge in [0.2, 0.25) is 15.9 Å². The van der Waals surface area contributed by atoms with E-state index in [-0.39, 0.29) is 36.0 Å². The van der Waals surface area contributed by atoms with Gasteiger partial charge in [-0.15, -0.1) is 0 Å². The third-order valence-electron chi connectivity index (χ3n) is 5.97. The summed E-state index contributed by atoms with van der Waals surface area (Å²) < 4.78 is 80.7. The van der Waals surface area contributed by atoms with Gasteiger partial charge in [0, 0.05) is 18.1 Å². The van der Waals surface area contributed by atoms with Crippen LogP contribution < -0.4 is 5.32 Å². The Balaban J connectivity index is 1.51. The molecule has 3 aromatic carbocycles. The van der Waals surface area contributed by atoms with Crippen molar-refractivity contribution >= 4 is 44.8 Å². The Bertz CT molecular complexity index is 1450. The molecule has 1 aliphatic heterocycles. The van der Waals surface area contributed by atoms with Crippen molar-refractivity contribution in [1.29, 1.82) is 0 Å². The van der Waals surface area contributed by atoms with Crippen molar-refractivity contribution in [2.24, 2.45) is 0 Å². The summed E-state index contributed by atoms with van der Waals surface area (Å²) in [6.45, 7) is 0.182. The third kappa shape index (κ3) is 6.26. The summed E-state index contributed by atoms with van der Waals surface area (Å²) in [5, 5.41) is 3.24. The average molecular weight is 575 g/mol. The van der Waals surface area contributed by atoms with Crippen LogP contribution in [0.25, 0.3) is 0 Å². The number of anilines is 1. The summed E-state index contributed by atoms with van der Waals surface area (Å²) in [4.78, 5) is 12.7. The first-order chi connectivity index (χ1) is 17.3. The largest absolute Gasteiger partial charge is 0.419 e. The fraction of sp³-hybridized carbons (Fsp3) is 0.240. The molecular weight excluding hydrogens is 555 g/mol. The van der Waals surface area contributed by atoms with E-state index in [9.17, 15) is 30.8 Å². The van der Waals surface area contributed by atoms with Crippen LogP contribution in [0.15, 0.2) is 54.6 Å². The fourth-order valence-corrected chi connectivity index (χ4v) is 6.00. The van der Waals surface area contributed by atoms with Gasteiger partial charge in [0.25, 0.3) is 0 Å². The molecule has 3 aromatic rings. The number of benzene rings is 3. The molecule has 0 saturated heterocycles. The van der Waals surface area contributed by atoms with E-state index in [0.29, 0.717) is 27.8 Å². The molecular formula is C25H20Cl2F4N2O3S. The van der Waals surface area contributed by atoms with Crippen LogP contribution in [0.4, 0.5) is 23.2 Å². The van der Waals surface area contributed by atoms with Gasteiger partial charge in [-0.05, 0) is 52.9 Å². The zero-order chi connectivity index (χ0) is 27.0. The number of alkyl halides is 3. The van der Waals surface area contributed by atoms with E-state index in [1.54, 1.807) is 30.3 Å². The molecule has 0 aliphatic carbocycles. The standard InChI is InChI=1S/C25H20Cl2F4N2O3S/c26-18-7-4-15(5-8-18)14-37(35,36)33-11-10-19-17(13-33)6-9-21(27)24(19)32-22(34)12-16-2-1-3-20(23(16)28)25(29,30)31/h1-9H,10-14H2,(H,32,34). The summed E-state index contributed by atoms with van der Waals surface area (Å²) in [6, 6.07) is 12.4. The number of nitrogens with zero attached hydrogens (tertiary/aromatic N) is 1. The molecule has 37 heavy (non-hydrogen) atoms. The van der Waals surface area contributed by atoms with Gasteiger partial charge in [-0.2, -0.15) is 17.5 Å². The smallest absolute Gasteiger partial charge is 0.324 e. The van der Waals surface area contributed by atoms with Gasteiger partial charge >= 0.3 is 6.18 Å². The second-order valence-corrected chi connectivity index (χ2v) is 11.3. The fourth-order valence-electron chi connectivity index (χ4n) is 4.15. The molecule has 4 rings (SSSR count). The van der Waals surface area contributed by atoms with Crippen LogP contribution >= 0.6 is 23.2 Å². The third-order valence-corrected chi connectivity index (χ3v) is 8.34. The van der Waals surface area contributed by atoms with E-state index >= 15 is 0 Å². The van der Waals surface area contributed by atoms with Crippen LogP contribution in [0, 0.1) is 5.82 Å². The minimum Gasteiger partial charge on any atom is -0.324 e. The predicted octanol–water partition coefficient (Wildman–Crippen LogP) is 6.22. The van der Waals surface area contributed by atoms with Gasteiger partial charge in [0.05, 0.1) is 28.4 Å². The van der Waals surface area contributed by atoms with Crippen molar-refractivity contribution in [3.8, 4) is 0 Å². The zero-order valence-electron chi connectivity index (χ0n) is 19.1. The molecule has 1 aliphatic rings. The molecule has 0 spiro atoms. The monoisotopic (exact) mass is 574 g/mol. The highest BCUT2D eigenvalue weighted by molar-refractivity contribution is 7.88. The lowest BCUT2D eigenvalue weighted by Crippen LogP contribution is -2.37. The number of rotatable bonds is 6. The second-order valence-electron chi connectivity index (χ2n) is 8.53. The number of halogens is 6. The highest BCUT2D eigenvalue weighted by atomic mass is 35.5. The molecule has 0 saturated carbocycles. The van der Waals surface area contributed by atoms with Crippen LogP contribution in [-0.2, 0) is 46.1 Å². The highest BCUT2D eigenvalue weighted by Crippen LogP contribution is 2.35. The number of sulfonamides is 1. The lowest BCUT2D eigenvalue weighted by atomic mass is 9.98. The molecule has 12 heteroatoms. The van der Waals surface area contributed by atoms with Gasteiger partial charge in [0.15, 0.2) is 0 Å². The number of carbonyl (C=O) groups excluding carboxylic acids is 1. The summed E-state index contributed by atoms with van der Waals surface area (Å²) in [5.41, 5.74) is 0.187. The zero-order valence-corrected chi connectivity index (χ0v) is 21.4.